The summed E-state index contributed by atoms with van der Waals surface area (Å²) >= 11 is 0. The van der Waals surface area contributed by atoms with E-state index in [1.54, 1.807) is 7.11 Å². The maximum absolute atomic E-state index is 12.7. The molecule has 0 aliphatic carbocycles. The van der Waals surface area contributed by atoms with Crippen LogP contribution in [0.2, 0.25) is 0 Å². The number of aryl methyl sites for hydroxylation is 1. The topological polar surface area (TPSA) is 121 Å². The zero-order valence-corrected chi connectivity index (χ0v) is 24.9. The quantitative estimate of drug-likeness (QED) is 0.0795. The summed E-state index contributed by atoms with van der Waals surface area (Å²) in [7, 11) is 1.60. The number of rotatable bonds is 22. The normalized spacial score (nSPS) is 11.5. The third kappa shape index (κ3) is 14.6. The van der Waals surface area contributed by atoms with Gasteiger partial charge in [-0.15, -0.1) is 0 Å². The number of esters is 1. The van der Waals surface area contributed by atoms with Gasteiger partial charge in [-0.05, 0) is 64.5 Å². The Kier molecular flexibility index (Phi) is 18.6. The van der Waals surface area contributed by atoms with E-state index in [-0.39, 0.29) is 48.9 Å². The number of ether oxygens (including phenoxy) is 5. The van der Waals surface area contributed by atoms with Gasteiger partial charge in [0.15, 0.2) is 5.75 Å². The number of allylic oxidation sites excluding steroid dienone is 4. The highest BCUT2D eigenvalue weighted by atomic mass is 16.6. The van der Waals surface area contributed by atoms with Crippen LogP contribution in [0.1, 0.15) is 81.3 Å². The molecule has 0 aromatic heterocycles. The predicted molar refractivity (Wildman–Crippen MR) is 154 cm³/mol. The maximum Gasteiger partial charge on any atom is 0.339 e. The fourth-order valence-corrected chi connectivity index (χ4v) is 3.89. The average Bonchev–Trinajstić information content (AvgIpc) is 2.89. The van der Waals surface area contributed by atoms with Crippen LogP contribution in [0.4, 0.5) is 0 Å². The van der Waals surface area contributed by atoms with Crippen molar-refractivity contribution in [2.45, 2.75) is 72.6 Å². The number of carbonyl (C=O) groups excluding carboxylic acids is 1. The van der Waals surface area contributed by atoms with Gasteiger partial charge in [0.25, 0.3) is 0 Å². The van der Waals surface area contributed by atoms with Crippen molar-refractivity contribution in [3.63, 3.8) is 0 Å². The van der Waals surface area contributed by atoms with Gasteiger partial charge in [0.05, 0.1) is 39.6 Å². The SMILES string of the molecule is CCCCCc1cc(O)c(C/C=C(\C)CCC=C(C)C)c(OC(=O)COCCOCCOCCOC)c1C(=O)O. The minimum Gasteiger partial charge on any atom is -0.508 e. The largest absolute Gasteiger partial charge is 0.508 e. The first-order valence-electron chi connectivity index (χ1n) is 14.0. The second-order valence-corrected chi connectivity index (χ2v) is 9.82. The van der Waals surface area contributed by atoms with E-state index < -0.39 is 11.9 Å². The molecule has 0 spiro atoms. The molecule has 0 radical (unpaired) electrons. The number of aromatic carboxylic acids is 1. The average molecular weight is 565 g/mol. The Balaban J connectivity index is 2.96. The smallest absolute Gasteiger partial charge is 0.339 e. The fraction of sp³-hybridized carbons (Fsp3) is 0.613. The molecule has 9 heteroatoms. The van der Waals surface area contributed by atoms with Gasteiger partial charge in [0, 0.05) is 12.7 Å². The minimum absolute atomic E-state index is 0.0883. The zero-order valence-electron chi connectivity index (χ0n) is 24.9. The van der Waals surface area contributed by atoms with E-state index in [9.17, 15) is 19.8 Å². The van der Waals surface area contributed by atoms with Crippen LogP contribution < -0.4 is 4.74 Å². The van der Waals surface area contributed by atoms with Crippen molar-refractivity contribution in [1.82, 2.24) is 0 Å². The summed E-state index contributed by atoms with van der Waals surface area (Å²) < 4.78 is 26.5. The highest BCUT2D eigenvalue weighted by Crippen LogP contribution is 2.37. The highest BCUT2D eigenvalue weighted by Gasteiger charge is 2.25. The summed E-state index contributed by atoms with van der Waals surface area (Å²) in [6.07, 6.45) is 9.12. The van der Waals surface area contributed by atoms with Crippen molar-refractivity contribution in [3.8, 4) is 11.5 Å². The number of hydrogen-bond acceptors (Lipinski definition) is 8. The molecule has 9 nitrogen and oxygen atoms in total. The number of carboxylic acids is 1. The van der Waals surface area contributed by atoms with Crippen molar-refractivity contribution < 1.29 is 43.5 Å². The molecule has 226 valence electrons. The lowest BCUT2D eigenvalue weighted by Crippen LogP contribution is -2.21. The summed E-state index contributed by atoms with van der Waals surface area (Å²) in [5.41, 5.74) is 2.94. The molecule has 0 aliphatic heterocycles. The number of unbranched alkanes of at least 4 members (excludes halogenated alkanes) is 2. The van der Waals surface area contributed by atoms with E-state index in [1.165, 1.54) is 11.6 Å². The number of phenolic OH excluding ortho intramolecular Hbond substituents is 1. The van der Waals surface area contributed by atoms with Gasteiger partial charge in [-0.3, -0.25) is 0 Å². The zero-order chi connectivity index (χ0) is 29.8. The fourth-order valence-electron chi connectivity index (χ4n) is 3.89. The molecule has 0 heterocycles. The Morgan fingerprint density at radius 2 is 1.57 bits per heavy atom. The summed E-state index contributed by atoms with van der Waals surface area (Å²) in [6, 6.07) is 1.49. The molecule has 0 atom stereocenters. The van der Waals surface area contributed by atoms with Gasteiger partial charge in [-0.2, -0.15) is 0 Å². The molecule has 0 bridgehead atoms. The first-order valence-corrected chi connectivity index (χ1v) is 14.0. The summed E-state index contributed by atoms with van der Waals surface area (Å²) in [5.74, 6) is -2.16. The van der Waals surface area contributed by atoms with E-state index in [0.29, 0.717) is 38.4 Å². The number of carboxylic acid groups (broad SMARTS) is 1. The van der Waals surface area contributed by atoms with Crippen LogP contribution in [0.25, 0.3) is 0 Å². The van der Waals surface area contributed by atoms with Gasteiger partial charge >= 0.3 is 11.9 Å². The van der Waals surface area contributed by atoms with Crippen molar-refractivity contribution in [2.24, 2.45) is 0 Å². The molecule has 1 rings (SSSR count). The molecule has 0 fully saturated rings. The van der Waals surface area contributed by atoms with Gasteiger partial charge < -0.3 is 33.9 Å². The van der Waals surface area contributed by atoms with Crippen molar-refractivity contribution in [1.29, 1.82) is 0 Å². The second-order valence-electron chi connectivity index (χ2n) is 9.82. The van der Waals surface area contributed by atoms with E-state index in [2.05, 4.69) is 13.0 Å². The monoisotopic (exact) mass is 564 g/mol. The Morgan fingerprint density at radius 3 is 2.17 bits per heavy atom. The summed E-state index contributed by atoms with van der Waals surface area (Å²) in [5, 5.41) is 21.0. The number of methoxy groups -OCH3 is 1. The molecular formula is C31H48O9. The first-order chi connectivity index (χ1) is 19.2. The third-order valence-corrected chi connectivity index (χ3v) is 6.06. The van der Waals surface area contributed by atoms with Crippen LogP contribution in [0, 0.1) is 0 Å². The number of carbonyl (C=O) groups is 2. The molecule has 1 aromatic carbocycles. The summed E-state index contributed by atoms with van der Waals surface area (Å²) in [6.45, 7) is 9.98. The van der Waals surface area contributed by atoms with E-state index in [4.69, 9.17) is 23.7 Å². The number of hydrogen-bond donors (Lipinski definition) is 2. The Labute approximate surface area is 239 Å². The van der Waals surface area contributed by atoms with E-state index in [0.717, 1.165) is 37.7 Å². The highest BCUT2D eigenvalue weighted by molar-refractivity contribution is 5.95. The molecule has 2 N–H and O–H groups in total. The van der Waals surface area contributed by atoms with Crippen LogP contribution in [0.5, 0.6) is 11.5 Å². The lowest BCUT2D eigenvalue weighted by atomic mass is 9.94. The molecule has 0 unspecified atom stereocenters. The summed E-state index contributed by atoms with van der Waals surface area (Å²) in [4.78, 5) is 25.0. The van der Waals surface area contributed by atoms with Crippen molar-refractivity contribution >= 4 is 11.9 Å². The van der Waals surface area contributed by atoms with Crippen LogP contribution in [0.3, 0.4) is 0 Å². The lowest BCUT2D eigenvalue weighted by Gasteiger charge is -2.18. The van der Waals surface area contributed by atoms with E-state index in [1.807, 2.05) is 26.8 Å². The molecule has 40 heavy (non-hydrogen) atoms. The van der Waals surface area contributed by atoms with E-state index >= 15 is 0 Å². The standard InChI is InChI=1S/C31H48O9/c1-6-7-8-12-25-21-27(32)26(14-13-24(4)11-9-10-23(2)3)30(29(25)31(34)35)40-28(33)22-39-20-19-38-18-17-37-16-15-36-5/h10,13,21,32H,6-9,11-12,14-20,22H2,1-5H3,(H,34,35)/b24-13+. The Bertz CT molecular complexity index is 962. The number of aromatic hydroxyl groups is 1. The van der Waals surface area contributed by atoms with Crippen LogP contribution in [0.15, 0.2) is 29.4 Å². The second kappa shape index (κ2) is 21.1. The Hall–Kier alpha value is -2.72. The van der Waals surface area contributed by atoms with Gasteiger partial charge in [0.2, 0.25) is 0 Å². The molecule has 0 aliphatic rings. The number of phenols is 1. The molecule has 0 amide bonds. The lowest BCUT2D eigenvalue weighted by molar-refractivity contribution is -0.140. The Morgan fingerprint density at radius 1 is 0.925 bits per heavy atom. The van der Waals surface area contributed by atoms with Crippen molar-refractivity contribution in [2.75, 3.05) is 53.4 Å². The van der Waals surface area contributed by atoms with Gasteiger partial charge in [0.1, 0.15) is 17.9 Å². The molecular weight excluding hydrogens is 516 g/mol. The predicted octanol–water partition coefficient (Wildman–Crippen LogP) is 5.66. The van der Waals surface area contributed by atoms with Gasteiger partial charge in [-0.1, -0.05) is 43.1 Å². The van der Waals surface area contributed by atoms with Crippen LogP contribution in [-0.4, -0.2) is 75.5 Å². The van der Waals surface area contributed by atoms with Crippen LogP contribution in [-0.2, 0) is 36.6 Å². The molecule has 0 saturated heterocycles. The van der Waals surface area contributed by atoms with Crippen LogP contribution >= 0.6 is 0 Å². The van der Waals surface area contributed by atoms with Crippen molar-refractivity contribution in [3.05, 3.63) is 46.1 Å². The first kappa shape index (κ1) is 35.3. The minimum atomic E-state index is -1.21. The molecule has 1 aromatic rings. The van der Waals surface area contributed by atoms with Gasteiger partial charge in [-0.25, -0.2) is 9.59 Å². The number of benzene rings is 1. The maximum atomic E-state index is 12.7. The third-order valence-electron chi connectivity index (χ3n) is 6.06. The molecule has 0 saturated carbocycles.